The first kappa shape index (κ1) is 12.4. The smallest absolute Gasteiger partial charge is 0.123 e. The van der Waals surface area contributed by atoms with Crippen LogP contribution in [0.1, 0.15) is 20.3 Å². The van der Waals surface area contributed by atoms with Crippen LogP contribution >= 0.6 is 0 Å². The second-order valence-electron chi connectivity index (χ2n) is 4.81. The third-order valence-electron chi connectivity index (χ3n) is 3.72. The predicted octanol–water partition coefficient (Wildman–Crippen LogP) is 2.65. The summed E-state index contributed by atoms with van der Waals surface area (Å²) in [5.74, 6) is 0.528. The first-order valence-electron chi connectivity index (χ1n) is 6.44. The molecule has 1 saturated heterocycles. The normalized spacial score (nSPS) is 23.9. The molecule has 0 spiro atoms. The molecule has 0 saturated carbocycles. The van der Waals surface area contributed by atoms with E-state index in [1.54, 1.807) is 0 Å². The third-order valence-corrected chi connectivity index (χ3v) is 3.72. The maximum Gasteiger partial charge on any atom is 0.123 e. The van der Waals surface area contributed by atoms with Crippen LogP contribution in [0, 0.1) is 11.7 Å². The van der Waals surface area contributed by atoms with Gasteiger partial charge in [0.25, 0.3) is 0 Å². The molecular formula is C14H21FN2. The van der Waals surface area contributed by atoms with Gasteiger partial charge < -0.3 is 10.2 Å². The van der Waals surface area contributed by atoms with Crippen LogP contribution in [0.2, 0.25) is 0 Å². The van der Waals surface area contributed by atoms with Crippen LogP contribution in [0.5, 0.6) is 0 Å². The minimum atomic E-state index is -0.166. The van der Waals surface area contributed by atoms with Gasteiger partial charge >= 0.3 is 0 Å². The van der Waals surface area contributed by atoms with E-state index in [9.17, 15) is 4.39 Å². The summed E-state index contributed by atoms with van der Waals surface area (Å²) in [4.78, 5) is 2.33. The van der Waals surface area contributed by atoms with Gasteiger partial charge in [-0.15, -0.1) is 0 Å². The van der Waals surface area contributed by atoms with E-state index in [1.165, 1.54) is 18.6 Å². The monoisotopic (exact) mass is 236 g/mol. The maximum absolute atomic E-state index is 12.9. The highest BCUT2D eigenvalue weighted by Gasteiger charge is 2.24. The minimum absolute atomic E-state index is 0.166. The molecule has 94 valence electrons. The number of nitrogens with zero attached hydrogens (tertiary/aromatic N) is 1. The molecule has 3 heteroatoms. The molecule has 17 heavy (non-hydrogen) atoms. The second kappa shape index (κ2) is 5.50. The van der Waals surface area contributed by atoms with Crippen molar-refractivity contribution in [3.05, 3.63) is 30.1 Å². The van der Waals surface area contributed by atoms with Gasteiger partial charge in [-0.3, -0.25) is 0 Å². The zero-order valence-electron chi connectivity index (χ0n) is 10.6. The summed E-state index contributed by atoms with van der Waals surface area (Å²) in [6.07, 6.45) is 1.23. The zero-order chi connectivity index (χ0) is 12.3. The van der Waals surface area contributed by atoms with Crippen LogP contribution in [0.25, 0.3) is 0 Å². The Bertz CT molecular complexity index is 350. The highest BCUT2D eigenvalue weighted by Crippen LogP contribution is 2.21. The lowest BCUT2D eigenvalue weighted by atomic mass is 10.0. The van der Waals surface area contributed by atoms with Crippen molar-refractivity contribution in [3.8, 4) is 0 Å². The van der Waals surface area contributed by atoms with E-state index in [0.29, 0.717) is 12.0 Å². The van der Waals surface area contributed by atoms with Crippen molar-refractivity contribution in [2.24, 2.45) is 5.92 Å². The van der Waals surface area contributed by atoms with Crippen LogP contribution in [-0.2, 0) is 0 Å². The highest BCUT2D eigenvalue weighted by molar-refractivity contribution is 5.46. The summed E-state index contributed by atoms with van der Waals surface area (Å²) in [6, 6.07) is 7.39. The first-order valence-corrected chi connectivity index (χ1v) is 6.44. The Kier molecular flexibility index (Phi) is 4.00. The van der Waals surface area contributed by atoms with Gasteiger partial charge in [0.1, 0.15) is 5.82 Å². The van der Waals surface area contributed by atoms with Gasteiger partial charge in [-0.2, -0.15) is 0 Å². The molecule has 0 bridgehead atoms. The number of hydrogen-bond donors (Lipinski definition) is 1. The molecule has 0 aromatic heterocycles. The van der Waals surface area contributed by atoms with Crippen molar-refractivity contribution in [2.75, 3.05) is 24.5 Å². The Labute approximate surface area is 103 Å². The highest BCUT2D eigenvalue weighted by atomic mass is 19.1. The van der Waals surface area contributed by atoms with Crippen molar-refractivity contribution >= 4 is 5.69 Å². The third kappa shape index (κ3) is 2.97. The van der Waals surface area contributed by atoms with Crippen molar-refractivity contribution in [3.63, 3.8) is 0 Å². The average molecular weight is 236 g/mol. The fourth-order valence-corrected chi connectivity index (χ4v) is 2.51. The van der Waals surface area contributed by atoms with E-state index in [-0.39, 0.29) is 5.82 Å². The zero-order valence-corrected chi connectivity index (χ0v) is 10.6. The predicted molar refractivity (Wildman–Crippen MR) is 69.9 cm³/mol. The molecule has 1 fully saturated rings. The Balaban J connectivity index is 2.03. The lowest BCUT2D eigenvalue weighted by Crippen LogP contribution is -2.34. The molecule has 0 radical (unpaired) electrons. The molecule has 2 unspecified atom stereocenters. The number of benzene rings is 1. The molecule has 1 N–H and O–H groups in total. The molecule has 0 amide bonds. The summed E-state index contributed by atoms with van der Waals surface area (Å²) < 4.78 is 12.9. The van der Waals surface area contributed by atoms with Crippen molar-refractivity contribution < 1.29 is 4.39 Å². The minimum Gasteiger partial charge on any atom is -0.371 e. The maximum atomic E-state index is 12.9. The van der Waals surface area contributed by atoms with Gasteiger partial charge in [0, 0.05) is 24.8 Å². The van der Waals surface area contributed by atoms with Gasteiger partial charge in [-0.1, -0.05) is 0 Å². The lowest BCUT2D eigenvalue weighted by molar-refractivity contribution is 0.471. The molecule has 0 aliphatic carbocycles. The van der Waals surface area contributed by atoms with E-state index < -0.39 is 0 Å². The Morgan fingerprint density at radius 3 is 2.59 bits per heavy atom. The molecule has 1 heterocycles. The van der Waals surface area contributed by atoms with Crippen LogP contribution in [0.15, 0.2) is 24.3 Å². The number of hydrogen-bond acceptors (Lipinski definition) is 2. The summed E-state index contributed by atoms with van der Waals surface area (Å²) in [5, 5.41) is 3.47. The topological polar surface area (TPSA) is 15.3 Å². The Morgan fingerprint density at radius 1 is 1.35 bits per heavy atom. The van der Waals surface area contributed by atoms with E-state index in [1.807, 2.05) is 12.1 Å². The summed E-state index contributed by atoms with van der Waals surface area (Å²) in [6.45, 7) is 7.53. The molecule has 2 atom stereocenters. The van der Waals surface area contributed by atoms with Gasteiger partial charge in [0.15, 0.2) is 0 Å². The van der Waals surface area contributed by atoms with E-state index >= 15 is 0 Å². The van der Waals surface area contributed by atoms with Crippen molar-refractivity contribution in [1.82, 2.24) is 5.32 Å². The molecule has 1 aromatic carbocycles. The van der Waals surface area contributed by atoms with Crippen LogP contribution in [0.3, 0.4) is 0 Å². The van der Waals surface area contributed by atoms with Gasteiger partial charge in [-0.25, -0.2) is 4.39 Å². The summed E-state index contributed by atoms with van der Waals surface area (Å²) >= 11 is 0. The summed E-state index contributed by atoms with van der Waals surface area (Å²) in [5.41, 5.74) is 1.12. The second-order valence-corrected chi connectivity index (χ2v) is 4.81. The molecule has 2 rings (SSSR count). The molecule has 1 aromatic rings. The number of halogens is 1. The first-order chi connectivity index (χ1) is 8.20. The lowest BCUT2D eigenvalue weighted by Gasteiger charge is -2.28. The fourth-order valence-electron chi connectivity index (χ4n) is 2.51. The SMILES string of the molecule is CCN(CC1CCNC1C)c1ccc(F)cc1. The molecule has 2 nitrogen and oxygen atoms in total. The largest absolute Gasteiger partial charge is 0.371 e. The molecule has 1 aliphatic rings. The quantitative estimate of drug-likeness (QED) is 0.864. The Morgan fingerprint density at radius 2 is 2.06 bits per heavy atom. The fraction of sp³-hybridized carbons (Fsp3) is 0.571. The molecule has 1 aliphatic heterocycles. The molecular weight excluding hydrogens is 215 g/mol. The van der Waals surface area contributed by atoms with Gasteiger partial charge in [0.05, 0.1) is 0 Å². The van der Waals surface area contributed by atoms with Crippen LogP contribution in [-0.4, -0.2) is 25.7 Å². The van der Waals surface area contributed by atoms with Crippen LogP contribution in [0.4, 0.5) is 10.1 Å². The van der Waals surface area contributed by atoms with E-state index in [4.69, 9.17) is 0 Å². The standard InChI is InChI=1S/C14H21FN2/c1-3-17(10-12-8-9-16-11(12)2)14-6-4-13(15)5-7-14/h4-7,11-12,16H,3,8-10H2,1-2H3. The number of anilines is 1. The van der Waals surface area contributed by atoms with E-state index in [2.05, 4.69) is 24.1 Å². The Hall–Kier alpha value is -1.09. The van der Waals surface area contributed by atoms with Crippen molar-refractivity contribution in [1.29, 1.82) is 0 Å². The number of rotatable bonds is 4. The van der Waals surface area contributed by atoms with E-state index in [0.717, 1.165) is 25.3 Å². The average Bonchev–Trinajstić information content (AvgIpc) is 2.73. The van der Waals surface area contributed by atoms with Gasteiger partial charge in [-0.05, 0) is 57.0 Å². The summed E-state index contributed by atoms with van der Waals surface area (Å²) in [7, 11) is 0. The van der Waals surface area contributed by atoms with Crippen molar-refractivity contribution in [2.45, 2.75) is 26.3 Å². The number of nitrogens with one attached hydrogen (secondary N) is 1. The van der Waals surface area contributed by atoms with Crippen LogP contribution < -0.4 is 10.2 Å². The van der Waals surface area contributed by atoms with Gasteiger partial charge in [0.2, 0.25) is 0 Å².